The Morgan fingerprint density at radius 3 is 2.20 bits per heavy atom. The lowest BCUT2D eigenvalue weighted by Crippen LogP contribution is -2.37. The van der Waals surface area contributed by atoms with Gasteiger partial charge in [0.05, 0.1) is 38.0 Å². The number of imidazole rings is 2. The first-order valence-corrected chi connectivity index (χ1v) is 24.5. The van der Waals surface area contributed by atoms with Crippen molar-refractivity contribution >= 4 is 73.3 Å². The number of nitrogen functional groups attached to an aromatic ring is 2. The third-order valence-corrected chi connectivity index (χ3v) is 15.0. The van der Waals surface area contributed by atoms with Crippen LogP contribution in [0.1, 0.15) is 41.7 Å². The average molecular weight is 957 g/mol. The van der Waals surface area contributed by atoms with Crippen molar-refractivity contribution in [2.24, 2.45) is 0 Å². The van der Waals surface area contributed by atoms with Gasteiger partial charge in [-0.15, -0.1) is 0 Å². The number of nitrogens with zero attached hydrogens (tertiary/aromatic N) is 7. The summed E-state index contributed by atoms with van der Waals surface area (Å²) >= 11 is 0.645. The first kappa shape index (κ1) is 44.9. The maximum atomic E-state index is 16.8. The maximum Gasteiger partial charge on any atom is 0.389 e. The highest BCUT2D eigenvalue weighted by atomic mass is 32.7. The molecule has 9 rings (SSSR count). The molecule has 0 spiro atoms. The van der Waals surface area contributed by atoms with E-state index in [0.717, 1.165) is 23.6 Å². The van der Waals surface area contributed by atoms with Crippen molar-refractivity contribution in [2.75, 3.05) is 31.3 Å². The van der Waals surface area contributed by atoms with E-state index in [1.165, 1.54) is 23.0 Å². The van der Waals surface area contributed by atoms with Crippen molar-refractivity contribution < 1.29 is 59.7 Å². The molecule has 22 nitrogen and oxygen atoms in total. The van der Waals surface area contributed by atoms with Gasteiger partial charge in [-0.2, -0.15) is 4.98 Å². The maximum absolute atomic E-state index is 16.8. The Kier molecular flexibility index (Phi) is 12.6. The SMILES string of the molecule is [B][P@@]1(=O)OC[C@H]2O[C@@H](n3cnc4c(N)ncnc43)[C@H](F)[C@@H]2O[P@](=O)(SCc2ccc(OC(=O)c3ccc(OCCC)cc3)cc2)OC[C@H]2O[C@@H](n3cnc4c(=O)[nH]c(N)nc43)[C@H](F)[C@@H]2O1. The molecule has 65 heavy (non-hydrogen) atoms. The first-order chi connectivity index (χ1) is 31.2. The number of carbonyl (C=O) groups is 1. The van der Waals surface area contributed by atoms with E-state index in [9.17, 15) is 18.7 Å². The Labute approximate surface area is 371 Å². The molecule has 0 unspecified atom stereocenters. The summed E-state index contributed by atoms with van der Waals surface area (Å²) in [5.41, 5.74) is 11.7. The second kappa shape index (κ2) is 18.2. The summed E-state index contributed by atoms with van der Waals surface area (Å²) in [6, 6.07) is 12.7. The summed E-state index contributed by atoms with van der Waals surface area (Å²) < 4.78 is 111. The van der Waals surface area contributed by atoms with E-state index in [-0.39, 0.29) is 45.6 Å². The third kappa shape index (κ3) is 9.27. The van der Waals surface area contributed by atoms with E-state index in [2.05, 4.69) is 29.9 Å². The normalized spacial score (nSPS) is 29.5. The molecule has 3 aliphatic rings. The first-order valence-electron chi connectivity index (χ1n) is 19.8. The Morgan fingerprint density at radius 2 is 1.51 bits per heavy atom. The minimum Gasteiger partial charge on any atom is -0.494 e. The monoisotopic (exact) mass is 956 g/mol. The molecule has 0 amide bonds. The van der Waals surface area contributed by atoms with Crippen LogP contribution in [0.25, 0.3) is 22.3 Å². The molecule has 10 atom stereocenters. The van der Waals surface area contributed by atoms with Gasteiger partial charge in [-0.3, -0.25) is 32.5 Å². The highest BCUT2D eigenvalue weighted by Crippen LogP contribution is 2.65. The highest BCUT2D eigenvalue weighted by Gasteiger charge is 2.54. The Morgan fingerprint density at radius 1 is 0.877 bits per heavy atom. The molecule has 4 aromatic heterocycles. The van der Waals surface area contributed by atoms with Crippen molar-refractivity contribution in [3.8, 4) is 11.5 Å². The van der Waals surface area contributed by atoms with Crippen LogP contribution in [0.5, 0.6) is 11.5 Å². The largest absolute Gasteiger partial charge is 0.494 e. The van der Waals surface area contributed by atoms with Crippen LogP contribution in [-0.2, 0) is 42.5 Å². The van der Waals surface area contributed by atoms with Crippen LogP contribution in [0.3, 0.4) is 0 Å². The van der Waals surface area contributed by atoms with Gasteiger partial charge in [0.15, 0.2) is 47.4 Å². The fourth-order valence-electron chi connectivity index (χ4n) is 7.21. The Hall–Kier alpha value is -5.30. The molecule has 3 saturated heterocycles. The Bertz CT molecular complexity index is 2880. The second-order valence-electron chi connectivity index (χ2n) is 14.8. The van der Waals surface area contributed by atoms with E-state index in [1.54, 1.807) is 36.4 Å². The quantitative estimate of drug-likeness (QED) is 0.0723. The molecule has 7 heterocycles. The predicted molar refractivity (Wildman–Crippen MR) is 227 cm³/mol. The molecule has 5 N–H and O–H groups in total. The van der Waals surface area contributed by atoms with Crippen LogP contribution in [0.4, 0.5) is 20.5 Å². The standard InChI is InChI=1S/C37H37BF2N10O12P2S/c1-2-11-55-20-9-5-19(6-10-20)36(52)58-21-7-3-18(4-8-21)14-65-64(54)57-13-23-28(24(39)35(60-23)50-17-46-27-32(50)47-37(42)48-33(27)51)61-63(38,53)56-12-22-29(62-64)25(40)34(59-22)49-16-45-26-30(41)43-15-44-31(26)49/h3-10,15-17,22-25,28-29,34-35H,2,11-14H2,1H3,(H2,41,43,44)(H3,42,47,48,51)/t22-,23-,24-,25-,28-,29-,34-,35-,63-,64-/m1/s1. The number of benzene rings is 2. The summed E-state index contributed by atoms with van der Waals surface area (Å²) in [4.78, 5) is 47.9. The number of fused-ring (bicyclic) bond motifs is 4. The molecule has 0 bridgehead atoms. The van der Waals surface area contributed by atoms with E-state index in [4.69, 9.17) is 56.1 Å². The Balaban J connectivity index is 0.981. The van der Waals surface area contributed by atoms with Gasteiger partial charge in [0.25, 0.3) is 13.0 Å². The average Bonchev–Trinajstić information content (AvgIpc) is 4.05. The van der Waals surface area contributed by atoms with Crippen molar-refractivity contribution in [2.45, 2.75) is 68.3 Å². The number of nitrogens with two attached hydrogens (primary N) is 2. The van der Waals surface area contributed by atoms with Crippen molar-refractivity contribution in [1.29, 1.82) is 0 Å². The second-order valence-corrected chi connectivity index (χ2v) is 20.4. The lowest BCUT2D eigenvalue weighted by atomic mass is 10.1. The zero-order valence-corrected chi connectivity index (χ0v) is 36.4. The van der Waals surface area contributed by atoms with Gasteiger partial charge in [0, 0.05) is 5.75 Å². The fourth-order valence-corrected chi connectivity index (χ4v) is 11.6. The number of carbonyl (C=O) groups excluding carboxylic acids is 1. The number of nitrogens with one attached hydrogen (secondary N) is 1. The molecule has 6 aromatic rings. The van der Waals surface area contributed by atoms with Gasteiger partial charge in [-0.25, -0.2) is 38.1 Å². The van der Waals surface area contributed by atoms with Crippen LogP contribution >= 0.6 is 25.7 Å². The third-order valence-electron chi connectivity index (χ3n) is 10.3. The smallest absolute Gasteiger partial charge is 0.389 e. The van der Waals surface area contributed by atoms with Crippen LogP contribution in [-0.4, -0.2) is 109 Å². The highest BCUT2D eigenvalue weighted by molar-refractivity contribution is 8.54. The summed E-state index contributed by atoms with van der Waals surface area (Å²) in [6.07, 6.45) is -9.90. The van der Waals surface area contributed by atoms with Crippen molar-refractivity contribution in [3.05, 3.63) is 89.0 Å². The van der Waals surface area contributed by atoms with Crippen LogP contribution in [0.2, 0.25) is 0 Å². The summed E-state index contributed by atoms with van der Waals surface area (Å²) in [6.45, 7) is -3.63. The fraction of sp³-hybridized carbons (Fsp3) is 0.378. The number of rotatable bonds is 10. The van der Waals surface area contributed by atoms with Crippen LogP contribution in [0.15, 0.2) is 72.3 Å². The van der Waals surface area contributed by atoms with Gasteiger partial charge in [0.1, 0.15) is 47.8 Å². The minimum absolute atomic E-state index is 0.00870. The number of aromatic amines is 1. The van der Waals surface area contributed by atoms with Gasteiger partial charge in [-0.05, 0) is 59.8 Å². The molecule has 0 aliphatic carbocycles. The van der Waals surface area contributed by atoms with Gasteiger partial charge >= 0.3 is 12.8 Å². The number of alkyl halides is 2. The predicted octanol–water partition coefficient (Wildman–Crippen LogP) is 4.74. The number of H-pyrrole nitrogens is 1. The van der Waals surface area contributed by atoms with Crippen molar-refractivity contribution in [1.82, 2.24) is 39.0 Å². The minimum atomic E-state index is -4.75. The summed E-state index contributed by atoms with van der Waals surface area (Å²) in [5.74, 6) is -0.156. The lowest BCUT2D eigenvalue weighted by molar-refractivity contribution is -0.0546. The van der Waals surface area contributed by atoms with E-state index < -0.39 is 88.2 Å². The number of halogens is 2. The van der Waals surface area contributed by atoms with Crippen LogP contribution < -0.4 is 26.5 Å². The van der Waals surface area contributed by atoms with Crippen LogP contribution in [0, 0.1) is 0 Å². The lowest BCUT2D eigenvalue weighted by Gasteiger charge is -2.30. The number of anilines is 2. The molecular formula is C37H37BF2N10O12P2S. The zero-order chi connectivity index (χ0) is 45.6. The molecule has 3 fully saturated rings. The molecule has 340 valence electrons. The number of hydrogen-bond donors (Lipinski definition) is 3. The number of ether oxygens (including phenoxy) is 4. The van der Waals surface area contributed by atoms with E-state index >= 15 is 8.78 Å². The van der Waals surface area contributed by atoms with E-state index in [1.807, 2.05) is 6.92 Å². The molecule has 0 saturated carbocycles. The number of esters is 1. The molecule has 3 aliphatic heterocycles. The van der Waals surface area contributed by atoms with Gasteiger partial charge in [-0.1, -0.05) is 19.1 Å². The summed E-state index contributed by atoms with van der Waals surface area (Å²) in [5, 5.41) is 0. The molecular weight excluding hydrogens is 919 g/mol. The molecule has 2 aromatic carbocycles. The van der Waals surface area contributed by atoms with E-state index in [0.29, 0.717) is 34.9 Å². The molecule has 28 heteroatoms. The number of hydrogen-bond acceptors (Lipinski definition) is 20. The molecule has 2 radical (unpaired) electrons. The van der Waals surface area contributed by atoms with Crippen molar-refractivity contribution in [3.63, 3.8) is 0 Å². The van der Waals surface area contributed by atoms with Gasteiger partial charge in [0.2, 0.25) is 13.5 Å². The topological polar surface area (TPSA) is 284 Å². The number of aromatic nitrogens is 8. The van der Waals surface area contributed by atoms with Gasteiger partial charge < -0.3 is 39.5 Å². The summed E-state index contributed by atoms with van der Waals surface area (Å²) in [7, 11) is 1.24. The zero-order valence-electron chi connectivity index (χ0n) is 33.8.